The summed E-state index contributed by atoms with van der Waals surface area (Å²) >= 11 is 1.79. The predicted molar refractivity (Wildman–Crippen MR) is 246 cm³/mol. The van der Waals surface area contributed by atoms with Crippen LogP contribution < -0.4 is 0 Å². The Morgan fingerprint density at radius 3 is 1.83 bits per heavy atom. The monoisotopic (exact) mass is 770 g/mol. The minimum atomic E-state index is 0.611. The molecule has 0 aliphatic carbocycles. The van der Waals surface area contributed by atoms with Crippen molar-refractivity contribution in [3.8, 4) is 39.9 Å². The molecule has 13 rings (SSSR count). The van der Waals surface area contributed by atoms with Crippen LogP contribution in [0, 0.1) is 0 Å². The summed E-state index contributed by atoms with van der Waals surface area (Å²) in [5.41, 5.74) is 7.84. The second-order valence-electron chi connectivity index (χ2n) is 15.2. The van der Waals surface area contributed by atoms with Crippen LogP contribution in [0.15, 0.2) is 186 Å². The van der Waals surface area contributed by atoms with E-state index in [1.165, 1.54) is 47.2 Å². The molecule has 0 unspecified atom stereocenters. The van der Waals surface area contributed by atoms with Gasteiger partial charge >= 0.3 is 0 Å². The van der Waals surface area contributed by atoms with Gasteiger partial charge in [0, 0.05) is 69.9 Å². The maximum absolute atomic E-state index is 6.77. The number of rotatable bonds is 4. The number of hydrogen-bond donors (Lipinski definition) is 0. The van der Waals surface area contributed by atoms with Crippen molar-refractivity contribution in [1.29, 1.82) is 0 Å². The molecule has 9 aromatic carbocycles. The van der Waals surface area contributed by atoms with Crippen molar-refractivity contribution in [2.45, 2.75) is 0 Å². The molecule has 0 atom stereocenters. The molecule has 0 aliphatic heterocycles. The molecule has 0 radical (unpaired) electrons. The topological polar surface area (TPSA) is 56.7 Å². The Bertz CT molecular complexity index is 3860. The lowest BCUT2D eigenvalue weighted by Gasteiger charge is -2.13. The number of para-hydroxylation sites is 1. The zero-order chi connectivity index (χ0) is 38.6. The fourth-order valence-corrected chi connectivity index (χ4v) is 10.2. The van der Waals surface area contributed by atoms with Crippen LogP contribution in [0.3, 0.4) is 0 Å². The maximum atomic E-state index is 6.77. The summed E-state index contributed by atoms with van der Waals surface area (Å²) in [5, 5.41) is 11.8. The van der Waals surface area contributed by atoms with Crippen LogP contribution in [0.5, 0.6) is 0 Å². The Morgan fingerprint density at radius 1 is 0.373 bits per heavy atom. The minimum Gasteiger partial charge on any atom is -0.456 e. The molecule has 5 nitrogen and oxygen atoms in total. The van der Waals surface area contributed by atoms with Crippen LogP contribution in [-0.4, -0.2) is 19.5 Å². The molecule has 0 fully saturated rings. The Kier molecular flexibility index (Phi) is 6.82. The van der Waals surface area contributed by atoms with Gasteiger partial charge in [-0.1, -0.05) is 127 Å². The lowest BCUT2D eigenvalue weighted by Crippen LogP contribution is -2.00. The smallest absolute Gasteiger partial charge is 0.164 e. The summed E-state index contributed by atoms with van der Waals surface area (Å²) in [4.78, 5) is 15.3. The Balaban J connectivity index is 1.02. The van der Waals surface area contributed by atoms with Crippen LogP contribution in [0.4, 0.5) is 0 Å². The SMILES string of the molecule is c1ccc(-c2nc(-c3ccc4c(c3)sc3ccccc34)nc(-c3ccc4oc5cc(-n6c7ccccc7c7cc8ccccc8cc76)c6ccccc6c5c4c3)n2)cc1. The lowest BCUT2D eigenvalue weighted by atomic mass is 10.0. The van der Waals surface area contributed by atoms with E-state index >= 15 is 0 Å². The molecule has 0 bridgehead atoms. The molecule has 0 saturated carbocycles. The maximum Gasteiger partial charge on any atom is 0.164 e. The Labute approximate surface area is 341 Å². The van der Waals surface area contributed by atoms with Gasteiger partial charge < -0.3 is 8.98 Å². The number of benzene rings is 9. The quantitative estimate of drug-likeness (QED) is 0.179. The van der Waals surface area contributed by atoms with E-state index in [0.29, 0.717) is 17.5 Å². The number of fused-ring (bicyclic) bond motifs is 12. The Hall–Kier alpha value is -7.67. The number of hydrogen-bond acceptors (Lipinski definition) is 5. The average molecular weight is 771 g/mol. The lowest BCUT2D eigenvalue weighted by molar-refractivity contribution is 0.669. The fourth-order valence-electron chi connectivity index (χ4n) is 9.08. The normalized spacial score (nSPS) is 12.1. The number of thiophene rings is 1. The molecule has 0 amide bonds. The standard InChI is InChI=1S/C53H30N4OS/c1-2-12-31(13-3-1)51-54-52(56-53(55-51)35-22-24-39-38-18-9-11-21-48(38)59-49(39)29-35)34-23-25-46-42(27-34)50-40-19-7-6-16-36(40)45(30-47(50)58-46)57-43-20-10-8-17-37(43)41-26-32-14-4-5-15-33(32)28-44(41)57/h1-30H. The van der Waals surface area contributed by atoms with E-state index in [0.717, 1.165) is 60.6 Å². The van der Waals surface area contributed by atoms with E-state index in [9.17, 15) is 0 Å². The van der Waals surface area contributed by atoms with E-state index in [1.807, 2.05) is 30.3 Å². The molecule has 4 aromatic heterocycles. The predicted octanol–water partition coefficient (Wildman–Crippen LogP) is 14.5. The third kappa shape index (κ3) is 4.94. The molecule has 274 valence electrons. The van der Waals surface area contributed by atoms with Crippen molar-refractivity contribution < 1.29 is 4.42 Å². The second-order valence-corrected chi connectivity index (χ2v) is 16.3. The summed E-state index contributed by atoms with van der Waals surface area (Å²) in [6.45, 7) is 0. The van der Waals surface area contributed by atoms with Crippen molar-refractivity contribution in [2.75, 3.05) is 0 Å². The van der Waals surface area contributed by atoms with Gasteiger partial charge in [0.2, 0.25) is 0 Å². The largest absolute Gasteiger partial charge is 0.456 e. The van der Waals surface area contributed by atoms with Crippen LogP contribution in [0.1, 0.15) is 0 Å². The molecule has 0 N–H and O–H groups in total. The van der Waals surface area contributed by atoms with Gasteiger partial charge in [0.25, 0.3) is 0 Å². The highest BCUT2D eigenvalue weighted by Gasteiger charge is 2.21. The van der Waals surface area contributed by atoms with Gasteiger partial charge in [-0.3, -0.25) is 0 Å². The minimum absolute atomic E-state index is 0.611. The second kappa shape index (κ2) is 12.4. The van der Waals surface area contributed by atoms with Crippen LogP contribution in [-0.2, 0) is 0 Å². The van der Waals surface area contributed by atoms with Gasteiger partial charge in [-0.05, 0) is 64.7 Å². The van der Waals surface area contributed by atoms with E-state index in [-0.39, 0.29) is 0 Å². The number of aromatic nitrogens is 4. The fraction of sp³-hybridized carbons (Fsp3) is 0. The highest BCUT2D eigenvalue weighted by Crippen LogP contribution is 2.43. The molecule has 13 aromatic rings. The molecule has 59 heavy (non-hydrogen) atoms. The molecule has 0 spiro atoms. The summed E-state index contributed by atoms with van der Waals surface area (Å²) in [7, 11) is 0. The van der Waals surface area contributed by atoms with Gasteiger partial charge in [-0.25, -0.2) is 15.0 Å². The first-order valence-corrected chi connectivity index (χ1v) is 20.6. The van der Waals surface area contributed by atoms with E-state index < -0.39 is 0 Å². The first-order valence-electron chi connectivity index (χ1n) is 19.8. The van der Waals surface area contributed by atoms with Crippen molar-refractivity contribution in [2.24, 2.45) is 0 Å². The van der Waals surface area contributed by atoms with Crippen molar-refractivity contribution >= 4 is 96.8 Å². The van der Waals surface area contributed by atoms with Gasteiger partial charge in [0.05, 0.1) is 16.7 Å². The summed E-state index contributed by atoms with van der Waals surface area (Å²) < 4.78 is 11.7. The number of nitrogens with zero attached hydrogens (tertiary/aromatic N) is 4. The van der Waals surface area contributed by atoms with Gasteiger partial charge in [-0.15, -0.1) is 11.3 Å². The molecular weight excluding hydrogens is 741 g/mol. The molecular formula is C53H30N4OS. The summed E-state index contributed by atoms with van der Waals surface area (Å²) in [5.74, 6) is 1.88. The van der Waals surface area contributed by atoms with E-state index in [1.54, 1.807) is 11.3 Å². The van der Waals surface area contributed by atoms with Crippen LogP contribution in [0.2, 0.25) is 0 Å². The molecule has 0 saturated heterocycles. The number of furan rings is 1. The van der Waals surface area contributed by atoms with Gasteiger partial charge in [0.15, 0.2) is 17.5 Å². The molecule has 6 heteroatoms. The molecule has 4 heterocycles. The summed E-state index contributed by atoms with van der Waals surface area (Å²) in [6.07, 6.45) is 0. The van der Waals surface area contributed by atoms with Crippen molar-refractivity contribution in [3.63, 3.8) is 0 Å². The van der Waals surface area contributed by atoms with Crippen molar-refractivity contribution in [1.82, 2.24) is 19.5 Å². The highest BCUT2D eigenvalue weighted by atomic mass is 32.1. The first-order chi connectivity index (χ1) is 29.2. The highest BCUT2D eigenvalue weighted by molar-refractivity contribution is 7.25. The van der Waals surface area contributed by atoms with Crippen molar-refractivity contribution in [3.05, 3.63) is 182 Å². The van der Waals surface area contributed by atoms with Crippen LogP contribution >= 0.6 is 11.3 Å². The zero-order valence-electron chi connectivity index (χ0n) is 31.4. The third-order valence-electron chi connectivity index (χ3n) is 11.8. The van der Waals surface area contributed by atoms with E-state index in [2.05, 4.69) is 156 Å². The average Bonchev–Trinajstić information content (AvgIpc) is 3.96. The molecule has 0 aliphatic rings. The van der Waals surface area contributed by atoms with Crippen LogP contribution in [0.25, 0.3) is 125 Å². The third-order valence-corrected chi connectivity index (χ3v) is 12.9. The van der Waals surface area contributed by atoms with Gasteiger partial charge in [-0.2, -0.15) is 0 Å². The Morgan fingerprint density at radius 2 is 1.00 bits per heavy atom. The summed E-state index contributed by atoms with van der Waals surface area (Å²) in [6, 6.07) is 64.4. The first kappa shape index (κ1) is 32.4. The van der Waals surface area contributed by atoms with Gasteiger partial charge in [0.1, 0.15) is 11.2 Å². The zero-order valence-corrected chi connectivity index (χ0v) is 32.2. The van der Waals surface area contributed by atoms with E-state index in [4.69, 9.17) is 19.4 Å².